The summed E-state index contributed by atoms with van der Waals surface area (Å²) in [5.74, 6) is 0. The quantitative estimate of drug-likeness (QED) is 0.368. The number of phosphoric acid groups is 1. The Hall–Kier alpha value is 0.456. The van der Waals surface area contributed by atoms with E-state index in [9.17, 15) is 0 Å². The molecule has 0 fully saturated rings. The Kier molecular flexibility index (Phi) is 76.4. The largest absolute Gasteiger partial charge is 3.00 e. The first-order valence-corrected chi connectivity index (χ1v) is 2.19. The molecular formula is H8CoO8P. The van der Waals surface area contributed by atoms with Gasteiger partial charge in [0.1, 0.15) is 0 Å². The zero-order chi connectivity index (χ0) is 4.50. The third-order valence-corrected chi connectivity index (χ3v) is 0. The Labute approximate surface area is 66.5 Å². The molecular weight excluding hydrogens is 218 g/mol. The molecule has 8 nitrogen and oxygen atoms in total. The maximum atomic E-state index is 8.55. The third-order valence-electron chi connectivity index (χ3n) is 0. The van der Waals surface area contributed by atoms with Crippen molar-refractivity contribution >= 4 is 7.82 Å². The van der Waals surface area contributed by atoms with Crippen LogP contribution in [0.4, 0.5) is 0 Å². The molecule has 10 heteroatoms. The van der Waals surface area contributed by atoms with Crippen molar-refractivity contribution in [1.82, 2.24) is 0 Å². The summed E-state index contributed by atoms with van der Waals surface area (Å²) >= 11 is 0. The summed E-state index contributed by atoms with van der Waals surface area (Å²) in [6.07, 6.45) is 0. The molecule has 70 valence electrons. The van der Waals surface area contributed by atoms with E-state index in [0.29, 0.717) is 0 Å². The van der Waals surface area contributed by atoms with Gasteiger partial charge in [0.05, 0.1) is 0 Å². The van der Waals surface area contributed by atoms with E-state index in [2.05, 4.69) is 0 Å². The van der Waals surface area contributed by atoms with E-state index in [1.54, 1.807) is 0 Å². The molecule has 0 spiro atoms. The average molecular weight is 226 g/mol. The van der Waals surface area contributed by atoms with Gasteiger partial charge in [0, 0.05) is 0 Å². The summed E-state index contributed by atoms with van der Waals surface area (Å²) < 4.78 is 8.55. The topological polar surface area (TPSA) is 212 Å². The summed E-state index contributed by atoms with van der Waals surface area (Å²) in [5, 5.41) is 0. The van der Waals surface area contributed by atoms with E-state index in [1.165, 1.54) is 0 Å². The fourth-order valence-electron chi connectivity index (χ4n) is 0. The smallest absolute Gasteiger partial charge is 0.822 e. The van der Waals surface area contributed by atoms with Crippen LogP contribution in [0, 0.1) is 0 Å². The summed E-state index contributed by atoms with van der Waals surface area (Å²) in [7, 11) is -5.39. The van der Waals surface area contributed by atoms with Crippen molar-refractivity contribution in [1.29, 1.82) is 0 Å². The minimum atomic E-state index is -5.39. The van der Waals surface area contributed by atoms with Crippen molar-refractivity contribution in [2.24, 2.45) is 0 Å². The number of rotatable bonds is 0. The third kappa shape index (κ3) is 2260. The molecule has 0 bridgehead atoms. The van der Waals surface area contributed by atoms with Crippen molar-refractivity contribution in [3.8, 4) is 0 Å². The maximum Gasteiger partial charge on any atom is 3.00 e. The van der Waals surface area contributed by atoms with Crippen LogP contribution in [0.3, 0.4) is 0 Å². The van der Waals surface area contributed by atoms with E-state index in [-0.39, 0.29) is 38.7 Å². The van der Waals surface area contributed by atoms with E-state index in [4.69, 9.17) is 19.2 Å². The van der Waals surface area contributed by atoms with Gasteiger partial charge in [0.2, 0.25) is 0 Å². The van der Waals surface area contributed by atoms with Crippen LogP contribution in [0.25, 0.3) is 0 Å². The van der Waals surface area contributed by atoms with Crippen molar-refractivity contribution in [2.45, 2.75) is 0 Å². The number of hydrogen-bond acceptors (Lipinski definition) is 4. The molecule has 0 aliphatic heterocycles. The van der Waals surface area contributed by atoms with Crippen molar-refractivity contribution in [3.63, 3.8) is 0 Å². The van der Waals surface area contributed by atoms with Crippen LogP contribution >= 0.6 is 7.82 Å². The van der Waals surface area contributed by atoms with Gasteiger partial charge >= 0.3 is 16.8 Å². The summed E-state index contributed by atoms with van der Waals surface area (Å²) in [6, 6.07) is 0. The van der Waals surface area contributed by atoms with E-state index in [1.807, 2.05) is 0 Å². The van der Waals surface area contributed by atoms with Crippen molar-refractivity contribution in [3.05, 3.63) is 0 Å². The molecule has 0 aromatic carbocycles. The number of hydrogen-bond donors (Lipinski definition) is 0. The normalized spacial score (nSPS) is 5.90. The molecule has 0 aliphatic rings. The fraction of sp³-hybridized carbons (Fsp3) is 0. The second kappa shape index (κ2) is 16.2. The monoisotopic (exact) mass is 226 g/mol. The average Bonchev–Trinajstić information content (AvgIpc) is 0.722. The Morgan fingerprint density at radius 3 is 0.800 bits per heavy atom. The van der Waals surface area contributed by atoms with Crippen LogP contribution in [0.5, 0.6) is 0 Å². The zero-order valence-electron chi connectivity index (χ0n) is 4.41. The molecule has 8 N–H and O–H groups in total. The van der Waals surface area contributed by atoms with Gasteiger partial charge in [-0.2, -0.15) is 7.82 Å². The van der Waals surface area contributed by atoms with Gasteiger partial charge < -0.3 is 41.2 Å². The van der Waals surface area contributed by atoms with Crippen LogP contribution in [-0.4, -0.2) is 21.9 Å². The molecule has 0 saturated carbocycles. The Balaban J connectivity index is -0.00000000800. The standard InChI is InChI=1S/Co.H3O4P.4H2O/c;1-5(2,3)4;;;;/h;(H3,1,2,3,4);4*1H2/q+3;;;;;/p-3. The maximum absolute atomic E-state index is 8.55. The van der Waals surface area contributed by atoms with Gasteiger partial charge in [-0.15, -0.1) is 0 Å². The molecule has 0 unspecified atom stereocenters. The van der Waals surface area contributed by atoms with Crippen LogP contribution in [-0.2, 0) is 21.3 Å². The van der Waals surface area contributed by atoms with Crippen molar-refractivity contribution < 1.29 is 57.9 Å². The van der Waals surface area contributed by atoms with E-state index in [0.717, 1.165) is 0 Å². The molecule has 0 atom stereocenters. The first-order valence-electron chi connectivity index (χ1n) is 0.730. The summed E-state index contributed by atoms with van der Waals surface area (Å²) in [5.41, 5.74) is 0. The van der Waals surface area contributed by atoms with Crippen LogP contribution < -0.4 is 14.7 Å². The molecule has 0 aliphatic carbocycles. The van der Waals surface area contributed by atoms with Crippen LogP contribution in [0.15, 0.2) is 0 Å². The van der Waals surface area contributed by atoms with E-state index < -0.39 is 7.82 Å². The first kappa shape index (κ1) is 47.1. The molecule has 10 heavy (non-hydrogen) atoms. The first-order chi connectivity index (χ1) is 2.00. The minimum absolute atomic E-state index is 0. The second-order valence-corrected chi connectivity index (χ2v) is 1.34. The minimum Gasteiger partial charge on any atom is -0.822 e. The van der Waals surface area contributed by atoms with Gasteiger partial charge in [-0.3, -0.25) is 0 Å². The molecule has 0 aromatic rings. The van der Waals surface area contributed by atoms with Gasteiger partial charge in [-0.25, -0.2) is 0 Å². The molecule has 0 saturated heterocycles. The molecule has 0 amide bonds. The van der Waals surface area contributed by atoms with Crippen LogP contribution in [0.1, 0.15) is 0 Å². The molecule has 0 rings (SSSR count). The molecule has 0 heterocycles. The van der Waals surface area contributed by atoms with Crippen molar-refractivity contribution in [2.75, 3.05) is 0 Å². The van der Waals surface area contributed by atoms with Crippen LogP contribution in [0.2, 0.25) is 0 Å². The van der Waals surface area contributed by atoms with E-state index >= 15 is 0 Å². The molecule has 0 aromatic heterocycles. The SMILES string of the molecule is O.O.O.O.O=P([O-])([O-])[O-].[Co+3]. The Morgan fingerprint density at radius 2 is 0.800 bits per heavy atom. The molecule has 0 radical (unpaired) electrons. The van der Waals surface area contributed by atoms with Gasteiger partial charge in [-0.1, -0.05) is 0 Å². The van der Waals surface area contributed by atoms with Gasteiger partial charge in [0.15, 0.2) is 0 Å². The Morgan fingerprint density at radius 1 is 0.800 bits per heavy atom. The van der Waals surface area contributed by atoms with Gasteiger partial charge in [-0.05, 0) is 0 Å². The summed E-state index contributed by atoms with van der Waals surface area (Å²) in [6.45, 7) is 0. The van der Waals surface area contributed by atoms with Gasteiger partial charge in [0.25, 0.3) is 0 Å². The predicted molar refractivity (Wildman–Crippen MR) is 22.1 cm³/mol. The summed E-state index contributed by atoms with van der Waals surface area (Å²) in [4.78, 5) is 25.6. The second-order valence-electron chi connectivity index (χ2n) is 0.447. The zero-order valence-corrected chi connectivity index (χ0v) is 6.35. The predicted octanol–water partition coefficient (Wildman–Crippen LogP) is -6.13. The fourth-order valence-corrected chi connectivity index (χ4v) is 0. The Bertz CT molecular complexity index is 55.4.